The van der Waals surface area contributed by atoms with Gasteiger partial charge in [-0.2, -0.15) is 0 Å². The second kappa shape index (κ2) is 5.13. The molecule has 104 valence electrons. The van der Waals surface area contributed by atoms with Crippen LogP contribution in [0, 0.1) is 0 Å². The molecule has 1 aliphatic carbocycles. The van der Waals surface area contributed by atoms with E-state index in [0.717, 1.165) is 0 Å². The Bertz CT molecular complexity index is 320. The number of rotatable bonds is 4. The van der Waals surface area contributed by atoms with Crippen molar-refractivity contribution in [3.63, 3.8) is 0 Å². The van der Waals surface area contributed by atoms with Crippen LogP contribution in [0.5, 0.6) is 0 Å². The van der Waals surface area contributed by atoms with Crippen molar-refractivity contribution in [2.24, 2.45) is 5.73 Å². The minimum absolute atomic E-state index is 0.0712. The molecule has 1 saturated heterocycles. The van der Waals surface area contributed by atoms with Gasteiger partial charge in [0.25, 0.3) is 0 Å². The van der Waals surface area contributed by atoms with Crippen molar-refractivity contribution in [3.8, 4) is 0 Å². The van der Waals surface area contributed by atoms with Gasteiger partial charge in [0, 0.05) is 6.04 Å². The molecule has 1 saturated carbocycles. The predicted octanol–water partition coefficient (Wildman–Crippen LogP) is 0.186. The van der Waals surface area contributed by atoms with Gasteiger partial charge in [-0.25, -0.2) is 4.79 Å². The molecule has 1 aliphatic heterocycles. The van der Waals surface area contributed by atoms with Gasteiger partial charge in [-0.1, -0.05) is 0 Å². The summed E-state index contributed by atoms with van der Waals surface area (Å²) in [7, 11) is 0. The Morgan fingerprint density at radius 1 is 1.39 bits per heavy atom. The van der Waals surface area contributed by atoms with E-state index in [1.807, 2.05) is 13.8 Å². The van der Waals surface area contributed by atoms with Crippen molar-refractivity contribution in [1.29, 1.82) is 0 Å². The lowest BCUT2D eigenvalue weighted by molar-refractivity contribution is -0.172. The van der Waals surface area contributed by atoms with Crippen molar-refractivity contribution in [1.82, 2.24) is 0 Å². The van der Waals surface area contributed by atoms with E-state index in [4.69, 9.17) is 24.7 Å². The summed E-state index contributed by atoms with van der Waals surface area (Å²) in [6.45, 7) is 5.74. The minimum atomic E-state index is -0.640. The van der Waals surface area contributed by atoms with E-state index in [1.165, 1.54) is 0 Å². The molecule has 4 atom stereocenters. The van der Waals surface area contributed by atoms with Crippen LogP contribution in [0.15, 0.2) is 0 Å². The van der Waals surface area contributed by atoms with E-state index in [1.54, 1.807) is 6.92 Å². The number of hydrogen-bond acceptors (Lipinski definition) is 6. The summed E-state index contributed by atoms with van der Waals surface area (Å²) in [4.78, 5) is 11.3. The van der Waals surface area contributed by atoms with E-state index in [-0.39, 0.29) is 36.9 Å². The highest BCUT2D eigenvalue weighted by atomic mass is 16.8. The summed E-state index contributed by atoms with van der Waals surface area (Å²) in [5.41, 5.74) is 6.00. The highest BCUT2D eigenvalue weighted by Gasteiger charge is 2.53. The van der Waals surface area contributed by atoms with Crippen LogP contribution >= 0.6 is 0 Å². The van der Waals surface area contributed by atoms with Crippen LogP contribution in [0.1, 0.15) is 27.2 Å². The Hall–Kier alpha value is -0.690. The van der Waals surface area contributed by atoms with Gasteiger partial charge in [0.15, 0.2) is 5.79 Å². The standard InChI is InChI=1S/C12H21NO5/c1-4-15-9(14)6-16-8-5-7(13)10-11(8)18-12(2,3)17-10/h7-8,10-11H,4-6,13H2,1-3H3/t7?,8?,10-,11-/m0/s1. The van der Waals surface area contributed by atoms with Crippen LogP contribution < -0.4 is 5.73 Å². The zero-order valence-corrected chi connectivity index (χ0v) is 11.0. The fourth-order valence-corrected chi connectivity index (χ4v) is 2.51. The van der Waals surface area contributed by atoms with Crippen molar-refractivity contribution < 1.29 is 23.7 Å². The maximum absolute atomic E-state index is 11.3. The first-order valence-electron chi connectivity index (χ1n) is 6.31. The van der Waals surface area contributed by atoms with Gasteiger partial charge in [0.2, 0.25) is 0 Å². The van der Waals surface area contributed by atoms with Gasteiger partial charge in [0.1, 0.15) is 18.8 Å². The van der Waals surface area contributed by atoms with Crippen molar-refractivity contribution in [3.05, 3.63) is 0 Å². The smallest absolute Gasteiger partial charge is 0.332 e. The minimum Gasteiger partial charge on any atom is -0.464 e. The summed E-state index contributed by atoms with van der Waals surface area (Å²) < 4.78 is 21.8. The molecule has 6 nitrogen and oxygen atoms in total. The normalized spacial score (nSPS) is 37.6. The van der Waals surface area contributed by atoms with Crippen molar-refractivity contribution in [2.75, 3.05) is 13.2 Å². The number of hydrogen-bond donors (Lipinski definition) is 1. The summed E-state index contributed by atoms with van der Waals surface area (Å²) in [5.74, 6) is -1.01. The monoisotopic (exact) mass is 259 g/mol. The van der Waals surface area contributed by atoms with Crippen LogP contribution in [-0.2, 0) is 23.7 Å². The first-order valence-corrected chi connectivity index (χ1v) is 6.31. The SMILES string of the molecule is CCOC(=O)COC1CC(N)[C@@H]2OC(C)(C)O[C@@H]12. The summed E-state index contributed by atoms with van der Waals surface area (Å²) >= 11 is 0. The molecule has 18 heavy (non-hydrogen) atoms. The van der Waals surface area contributed by atoms with Gasteiger partial charge >= 0.3 is 5.97 Å². The molecule has 2 unspecified atom stereocenters. The lowest BCUT2D eigenvalue weighted by atomic mass is 10.2. The molecule has 2 N–H and O–H groups in total. The van der Waals surface area contributed by atoms with E-state index in [9.17, 15) is 4.79 Å². The van der Waals surface area contributed by atoms with Crippen LogP contribution in [-0.4, -0.2) is 49.3 Å². The Kier molecular flexibility index (Phi) is 3.91. The van der Waals surface area contributed by atoms with E-state index < -0.39 is 5.79 Å². The third kappa shape index (κ3) is 2.83. The maximum Gasteiger partial charge on any atom is 0.332 e. The third-order valence-corrected chi connectivity index (χ3v) is 3.18. The molecular formula is C12H21NO5. The number of carbonyl (C=O) groups excluding carboxylic acids is 1. The first-order chi connectivity index (χ1) is 8.43. The summed E-state index contributed by atoms with van der Waals surface area (Å²) in [6.07, 6.45) is 0.0537. The average Bonchev–Trinajstić information content (AvgIpc) is 2.72. The van der Waals surface area contributed by atoms with Gasteiger partial charge in [-0.3, -0.25) is 0 Å². The zero-order chi connectivity index (χ0) is 13.3. The fourth-order valence-electron chi connectivity index (χ4n) is 2.51. The molecule has 0 radical (unpaired) electrons. The molecule has 0 aromatic rings. The van der Waals surface area contributed by atoms with Gasteiger partial charge in [-0.05, 0) is 27.2 Å². The molecule has 0 amide bonds. The molecule has 0 spiro atoms. The van der Waals surface area contributed by atoms with Crippen LogP contribution in [0.25, 0.3) is 0 Å². The summed E-state index contributed by atoms with van der Waals surface area (Å²) in [5, 5.41) is 0. The van der Waals surface area contributed by atoms with E-state index in [0.29, 0.717) is 13.0 Å². The number of esters is 1. The quantitative estimate of drug-likeness (QED) is 0.726. The highest BCUT2D eigenvalue weighted by Crippen LogP contribution is 2.38. The fraction of sp³-hybridized carbons (Fsp3) is 0.917. The largest absolute Gasteiger partial charge is 0.464 e. The summed E-state index contributed by atoms with van der Waals surface area (Å²) in [6, 6.07) is -0.121. The second-order valence-corrected chi connectivity index (χ2v) is 5.12. The van der Waals surface area contributed by atoms with E-state index in [2.05, 4.69) is 0 Å². The molecular weight excluding hydrogens is 238 g/mol. The lowest BCUT2D eigenvalue weighted by Crippen LogP contribution is -2.35. The Morgan fingerprint density at radius 3 is 2.72 bits per heavy atom. The molecule has 2 fully saturated rings. The van der Waals surface area contributed by atoms with Crippen LogP contribution in [0.3, 0.4) is 0 Å². The van der Waals surface area contributed by atoms with Gasteiger partial charge in [-0.15, -0.1) is 0 Å². The number of ether oxygens (including phenoxy) is 4. The number of fused-ring (bicyclic) bond motifs is 1. The Morgan fingerprint density at radius 2 is 2.06 bits per heavy atom. The topological polar surface area (TPSA) is 80.0 Å². The lowest BCUT2D eigenvalue weighted by Gasteiger charge is -2.22. The van der Waals surface area contributed by atoms with Gasteiger partial charge in [0.05, 0.1) is 12.7 Å². The maximum atomic E-state index is 11.3. The zero-order valence-electron chi connectivity index (χ0n) is 11.0. The number of nitrogens with two attached hydrogens (primary N) is 1. The number of carbonyl (C=O) groups is 1. The first kappa shape index (κ1) is 13.7. The van der Waals surface area contributed by atoms with Crippen molar-refractivity contribution >= 4 is 5.97 Å². The molecule has 0 aromatic heterocycles. The Labute approximate surface area is 107 Å². The molecule has 6 heteroatoms. The molecule has 1 heterocycles. The average molecular weight is 259 g/mol. The molecule has 0 aromatic carbocycles. The van der Waals surface area contributed by atoms with Crippen LogP contribution in [0.4, 0.5) is 0 Å². The molecule has 2 rings (SSSR count). The van der Waals surface area contributed by atoms with Crippen molar-refractivity contribution in [2.45, 2.75) is 57.3 Å². The second-order valence-electron chi connectivity index (χ2n) is 5.12. The third-order valence-electron chi connectivity index (χ3n) is 3.18. The Balaban J connectivity index is 1.89. The van der Waals surface area contributed by atoms with Gasteiger partial charge < -0.3 is 24.7 Å². The van der Waals surface area contributed by atoms with Crippen LogP contribution in [0.2, 0.25) is 0 Å². The molecule has 2 aliphatic rings. The highest BCUT2D eigenvalue weighted by molar-refractivity contribution is 5.70. The predicted molar refractivity (Wildman–Crippen MR) is 62.8 cm³/mol. The molecule has 0 bridgehead atoms. The van der Waals surface area contributed by atoms with E-state index >= 15 is 0 Å².